The molecule has 1 rings (SSSR count). The minimum atomic E-state index is -2.60. The number of alkyl halides is 2. The van der Waals surface area contributed by atoms with Crippen molar-refractivity contribution in [1.29, 1.82) is 0 Å². The molecule has 1 saturated carbocycles. The van der Waals surface area contributed by atoms with Crippen molar-refractivity contribution in [2.24, 2.45) is 5.92 Å². The second-order valence-electron chi connectivity index (χ2n) is 5.71. The molecule has 7 heteroatoms. The third-order valence-electron chi connectivity index (χ3n) is 3.91. The number of methoxy groups -OCH3 is 1. The maximum absolute atomic E-state index is 12.5. The fraction of sp³-hybridized carbons (Fsp3) is 0.867. The lowest BCUT2D eigenvalue weighted by Gasteiger charge is -2.23. The molecule has 0 aliphatic heterocycles. The summed E-state index contributed by atoms with van der Waals surface area (Å²) in [4.78, 5) is 24.7. The molecule has 0 spiro atoms. The number of carbonyl (C=O) groups is 2. The molecule has 1 fully saturated rings. The van der Waals surface area contributed by atoms with Gasteiger partial charge in [0.2, 0.25) is 11.8 Å². The van der Waals surface area contributed by atoms with Gasteiger partial charge in [0.05, 0.1) is 19.7 Å². The van der Waals surface area contributed by atoms with Gasteiger partial charge in [-0.1, -0.05) is 19.3 Å². The summed E-state index contributed by atoms with van der Waals surface area (Å²) in [6.45, 7) is -0.588. The van der Waals surface area contributed by atoms with E-state index in [1.54, 1.807) is 0 Å². The summed E-state index contributed by atoms with van der Waals surface area (Å²) in [6, 6.07) is 0. The second kappa shape index (κ2) is 10.5. The number of hydrogen-bond acceptors (Lipinski definition) is 3. The van der Waals surface area contributed by atoms with E-state index >= 15 is 0 Å². The molecule has 128 valence electrons. The number of hydrogen-bond donors (Lipinski definition) is 1. The number of nitrogens with zero attached hydrogens (tertiary/aromatic N) is 1. The number of nitrogens with one attached hydrogen (secondary N) is 1. The van der Waals surface area contributed by atoms with Crippen molar-refractivity contribution in [2.75, 3.05) is 33.4 Å². The van der Waals surface area contributed by atoms with Crippen LogP contribution in [-0.2, 0) is 14.3 Å². The lowest BCUT2D eigenvalue weighted by molar-refractivity contribution is -0.135. The van der Waals surface area contributed by atoms with Crippen molar-refractivity contribution in [2.45, 2.75) is 45.0 Å². The summed E-state index contributed by atoms with van der Waals surface area (Å²) in [6.07, 6.45) is 3.43. The highest BCUT2D eigenvalue weighted by Gasteiger charge is 2.20. The molecular weight excluding hydrogens is 294 g/mol. The van der Waals surface area contributed by atoms with Gasteiger partial charge in [-0.05, 0) is 18.8 Å². The first-order valence-corrected chi connectivity index (χ1v) is 7.84. The van der Waals surface area contributed by atoms with Crippen LogP contribution in [0.4, 0.5) is 8.78 Å². The van der Waals surface area contributed by atoms with Crippen LogP contribution in [0.3, 0.4) is 0 Å². The molecule has 1 N–H and O–H groups in total. The van der Waals surface area contributed by atoms with Crippen molar-refractivity contribution in [3.05, 3.63) is 0 Å². The number of ether oxygens (including phenoxy) is 1. The molecule has 0 unspecified atom stereocenters. The third kappa shape index (κ3) is 7.68. The molecule has 0 bridgehead atoms. The molecule has 0 heterocycles. The first kappa shape index (κ1) is 18.8. The van der Waals surface area contributed by atoms with Gasteiger partial charge < -0.3 is 15.0 Å². The predicted molar refractivity (Wildman–Crippen MR) is 78.7 cm³/mol. The van der Waals surface area contributed by atoms with E-state index in [9.17, 15) is 18.4 Å². The molecular formula is C15H26F2N2O3. The van der Waals surface area contributed by atoms with Gasteiger partial charge in [-0.3, -0.25) is 9.59 Å². The normalized spacial score (nSPS) is 15.8. The molecule has 0 radical (unpaired) electrons. The van der Waals surface area contributed by atoms with Gasteiger partial charge in [-0.25, -0.2) is 8.78 Å². The number of halogens is 2. The molecule has 0 atom stereocenters. The number of rotatable bonds is 9. The highest BCUT2D eigenvalue weighted by molar-refractivity contribution is 5.84. The van der Waals surface area contributed by atoms with Crippen LogP contribution in [0.5, 0.6) is 0 Å². The van der Waals surface area contributed by atoms with Gasteiger partial charge >= 0.3 is 0 Å². The highest BCUT2D eigenvalue weighted by Crippen LogP contribution is 2.25. The minimum absolute atomic E-state index is 0.0954. The SMILES string of the molecule is COCCN(CC(F)F)C(=O)CNC(=O)CC1CCCCC1. The first-order chi connectivity index (χ1) is 10.5. The van der Waals surface area contributed by atoms with Crippen molar-refractivity contribution < 1.29 is 23.1 Å². The maximum atomic E-state index is 12.5. The van der Waals surface area contributed by atoms with Gasteiger partial charge in [0.1, 0.15) is 0 Å². The molecule has 2 amide bonds. The molecule has 22 heavy (non-hydrogen) atoms. The molecule has 0 aromatic heterocycles. The Kier molecular flexibility index (Phi) is 8.96. The summed E-state index contributed by atoms with van der Waals surface area (Å²) >= 11 is 0. The average molecular weight is 320 g/mol. The molecule has 5 nitrogen and oxygen atoms in total. The van der Waals surface area contributed by atoms with Crippen LogP contribution in [0, 0.1) is 5.92 Å². The Hall–Kier alpha value is -1.24. The quantitative estimate of drug-likeness (QED) is 0.705. The van der Waals surface area contributed by atoms with Crippen molar-refractivity contribution in [1.82, 2.24) is 10.2 Å². The van der Waals surface area contributed by atoms with Gasteiger partial charge in [-0.15, -0.1) is 0 Å². The highest BCUT2D eigenvalue weighted by atomic mass is 19.3. The smallest absolute Gasteiger partial charge is 0.255 e. The van der Waals surface area contributed by atoms with E-state index in [-0.39, 0.29) is 25.6 Å². The van der Waals surface area contributed by atoms with Gasteiger partial charge in [0, 0.05) is 20.1 Å². The standard InChI is InChI=1S/C15H26F2N2O3/c1-22-8-7-19(11-13(16)17)15(21)10-18-14(20)9-12-5-3-2-4-6-12/h12-13H,2-11H2,1H3,(H,18,20). The van der Waals surface area contributed by atoms with E-state index in [2.05, 4.69) is 5.32 Å². The average Bonchev–Trinajstić information content (AvgIpc) is 2.49. The number of carbonyl (C=O) groups excluding carboxylic acids is 2. The van der Waals surface area contributed by atoms with Crippen LogP contribution < -0.4 is 5.32 Å². The Bertz CT molecular complexity index is 348. The fourth-order valence-corrected chi connectivity index (χ4v) is 2.70. The Balaban J connectivity index is 2.32. The summed E-state index contributed by atoms with van der Waals surface area (Å²) in [5.74, 6) is -0.298. The second-order valence-corrected chi connectivity index (χ2v) is 5.71. The summed E-state index contributed by atoms with van der Waals surface area (Å²) in [5.41, 5.74) is 0. The van der Waals surface area contributed by atoms with E-state index in [1.165, 1.54) is 13.5 Å². The van der Waals surface area contributed by atoms with Gasteiger partial charge in [0.25, 0.3) is 6.43 Å². The van der Waals surface area contributed by atoms with Crippen LogP contribution in [0.2, 0.25) is 0 Å². The summed E-state index contributed by atoms with van der Waals surface area (Å²) < 4.78 is 29.7. The molecule has 1 aliphatic rings. The monoisotopic (exact) mass is 320 g/mol. The first-order valence-electron chi connectivity index (χ1n) is 7.84. The van der Waals surface area contributed by atoms with Crippen LogP contribution in [-0.4, -0.2) is 56.5 Å². The van der Waals surface area contributed by atoms with E-state index in [1.807, 2.05) is 0 Å². The van der Waals surface area contributed by atoms with Crippen molar-refractivity contribution in [3.8, 4) is 0 Å². The Morgan fingerprint density at radius 2 is 1.95 bits per heavy atom. The van der Waals surface area contributed by atoms with Crippen LogP contribution >= 0.6 is 0 Å². The zero-order chi connectivity index (χ0) is 16.4. The lowest BCUT2D eigenvalue weighted by Crippen LogP contribution is -2.44. The maximum Gasteiger partial charge on any atom is 0.255 e. The van der Waals surface area contributed by atoms with Crippen LogP contribution in [0.15, 0.2) is 0 Å². The lowest BCUT2D eigenvalue weighted by atomic mass is 9.87. The van der Waals surface area contributed by atoms with Gasteiger partial charge in [-0.2, -0.15) is 0 Å². The van der Waals surface area contributed by atoms with Gasteiger partial charge in [0.15, 0.2) is 0 Å². The zero-order valence-corrected chi connectivity index (χ0v) is 13.2. The molecule has 0 aromatic rings. The molecule has 1 aliphatic carbocycles. The van der Waals surface area contributed by atoms with Crippen molar-refractivity contribution in [3.63, 3.8) is 0 Å². The van der Waals surface area contributed by atoms with Crippen molar-refractivity contribution >= 4 is 11.8 Å². The van der Waals surface area contributed by atoms with E-state index in [4.69, 9.17) is 4.74 Å². The Morgan fingerprint density at radius 1 is 1.27 bits per heavy atom. The summed E-state index contributed by atoms with van der Waals surface area (Å²) in [5, 5.41) is 2.54. The molecule has 0 saturated heterocycles. The van der Waals surface area contributed by atoms with E-state index in [0.717, 1.165) is 30.6 Å². The fourth-order valence-electron chi connectivity index (χ4n) is 2.70. The van der Waals surface area contributed by atoms with Crippen LogP contribution in [0.25, 0.3) is 0 Å². The van der Waals surface area contributed by atoms with E-state index in [0.29, 0.717) is 12.3 Å². The Morgan fingerprint density at radius 3 is 2.55 bits per heavy atom. The summed E-state index contributed by atoms with van der Waals surface area (Å²) in [7, 11) is 1.44. The minimum Gasteiger partial charge on any atom is -0.383 e. The third-order valence-corrected chi connectivity index (χ3v) is 3.91. The zero-order valence-electron chi connectivity index (χ0n) is 13.2. The van der Waals surface area contributed by atoms with Crippen LogP contribution in [0.1, 0.15) is 38.5 Å². The predicted octanol–water partition coefficient (Wildman–Crippen LogP) is 1.81. The Labute approximate surface area is 130 Å². The number of amides is 2. The largest absolute Gasteiger partial charge is 0.383 e. The topological polar surface area (TPSA) is 58.6 Å². The van der Waals surface area contributed by atoms with E-state index < -0.39 is 18.9 Å². The molecule has 0 aromatic carbocycles.